The van der Waals surface area contributed by atoms with Crippen LogP contribution in [0.4, 0.5) is 0 Å². The van der Waals surface area contributed by atoms with Gasteiger partial charge in [-0.25, -0.2) is 0 Å². The van der Waals surface area contributed by atoms with Gasteiger partial charge in [0.05, 0.1) is 0 Å². The Morgan fingerprint density at radius 2 is 1.87 bits per heavy atom. The van der Waals surface area contributed by atoms with E-state index in [0.29, 0.717) is 25.2 Å². The van der Waals surface area contributed by atoms with Gasteiger partial charge in [0.2, 0.25) is 0 Å². The Morgan fingerprint density at radius 1 is 1.20 bits per heavy atom. The average Bonchev–Trinajstić information content (AvgIpc) is 2.22. The van der Waals surface area contributed by atoms with Gasteiger partial charge in [0, 0.05) is 16.4 Å². The molecule has 0 fully saturated rings. The Balaban J connectivity index is 2.34. The van der Waals surface area contributed by atoms with E-state index in [0.717, 1.165) is 18.4 Å². The Hall–Kier alpha value is -0.420. The topological polar surface area (TPSA) is 43.1 Å². The molecule has 0 aromatic heterocycles. The summed E-state index contributed by atoms with van der Waals surface area (Å²) in [4.78, 5) is 11.5. The van der Waals surface area contributed by atoms with Gasteiger partial charge in [-0.2, -0.15) is 0 Å². The second-order valence-corrected chi connectivity index (χ2v) is 4.83. The number of benzene rings is 1. The molecule has 1 rings (SSSR count). The van der Waals surface area contributed by atoms with E-state index < -0.39 is 0 Å². The van der Waals surface area contributed by atoms with E-state index in [1.807, 2.05) is 24.3 Å². The third-order valence-electron chi connectivity index (χ3n) is 2.22. The van der Waals surface area contributed by atoms with Crippen LogP contribution in [0.1, 0.15) is 24.8 Å². The van der Waals surface area contributed by atoms with Crippen LogP contribution in [0, 0.1) is 3.57 Å². The number of hydrogen-bond donors (Lipinski definition) is 1. The quantitative estimate of drug-likeness (QED) is 0.647. The molecule has 1 aromatic carbocycles. The van der Waals surface area contributed by atoms with E-state index in [4.69, 9.17) is 5.73 Å². The highest BCUT2D eigenvalue weighted by Crippen LogP contribution is 2.09. The Bertz CT molecular complexity index is 308. The van der Waals surface area contributed by atoms with Gasteiger partial charge in [0.1, 0.15) is 5.78 Å². The lowest BCUT2D eigenvalue weighted by Crippen LogP contribution is -2.05. The standard InChI is InChI=1S/C12H16INO/c13-11-6-4-10(5-7-11)9-12(15)3-1-2-8-14/h4-7H,1-3,8-9,14H2. The van der Waals surface area contributed by atoms with Crippen LogP contribution in [0.3, 0.4) is 0 Å². The minimum Gasteiger partial charge on any atom is -0.330 e. The summed E-state index contributed by atoms with van der Waals surface area (Å²) in [7, 11) is 0. The second-order valence-electron chi connectivity index (χ2n) is 3.59. The van der Waals surface area contributed by atoms with Crippen LogP contribution < -0.4 is 5.73 Å². The molecular weight excluding hydrogens is 301 g/mol. The normalized spacial score (nSPS) is 10.3. The maximum Gasteiger partial charge on any atom is 0.137 e. The Morgan fingerprint density at radius 3 is 2.47 bits per heavy atom. The molecule has 0 spiro atoms. The SMILES string of the molecule is NCCCCC(=O)Cc1ccc(I)cc1. The molecule has 82 valence electrons. The summed E-state index contributed by atoms with van der Waals surface area (Å²) in [6.45, 7) is 0.677. The molecule has 0 unspecified atom stereocenters. The molecule has 0 radical (unpaired) electrons. The Kier molecular flexibility index (Phi) is 5.86. The fourth-order valence-corrected chi connectivity index (χ4v) is 1.74. The van der Waals surface area contributed by atoms with E-state index >= 15 is 0 Å². The zero-order valence-electron chi connectivity index (χ0n) is 8.71. The van der Waals surface area contributed by atoms with Crippen molar-refractivity contribution in [2.45, 2.75) is 25.7 Å². The number of carbonyl (C=O) groups is 1. The highest BCUT2D eigenvalue weighted by molar-refractivity contribution is 14.1. The molecule has 0 saturated heterocycles. The molecule has 1 aromatic rings. The van der Waals surface area contributed by atoms with Gasteiger partial charge in [0.25, 0.3) is 0 Å². The van der Waals surface area contributed by atoms with E-state index in [-0.39, 0.29) is 0 Å². The lowest BCUT2D eigenvalue weighted by molar-refractivity contribution is -0.118. The summed E-state index contributed by atoms with van der Waals surface area (Å²) in [6.07, 6.45) is 3.07. The zero-order valence-corrected chi connectivity index (χ0v) is 10.9. The number of carbonyl (C=O) groups excluding carboxylic acids is 1. The number of ketones is 1. The van der Waals surface area contributed by atoms with E-state index in [9.17, 15) is 4.79 Å². The number of hydrogen-bond acceptors (Lipinski definition) is 2. The number of rotatable bonds is 6. The number of nitrogens with two attached hydrogens (primary N) is 1. The van der Waals surface area contributed by atoms with Gasteiger partial charge in [-0.05, 0) is 59.7 Å². The van der Waals surface area contributed by atoms with Gasteiger partial charge in [-0.3, -0.25) is 4.79 Å². The van der Waals surface area contributed by atoms with Crippen molar-refractivity contribution in [3.8, 4) is 0 Å². The highest BCUT2D eigenvalue weighted by Gasteiger charge is 2.02. The molecule has 2 N–H and O–H groups in total. The van der Waals surface area contributed by atoms with Crippen LogP contribution in [0.2, 0.25) is 0 Å². The van der Waals surface area contributed by atoms with E-state index in [1.54, 1.807) is 0 Å². The molecule has 0 aliphatic carbocycles. The summed E-state index contributed by atoms with van der Waals surface area (Å²) in [5.41, 5.74) is 6.48. The first-order chi connectivity index (χ1) is 7.22. The number of unbranched alkanes of at least 4 members (excludes halogenated alkanes) is 1. The first kappa shape index (κ1) is 12.6. The van der Waals surface area contributed by atoms with E-state index in [1.165, 1.54) is 3.57 Å². The molecule has 0 saturated carbocycles. The van der Waals surface area contributed by atoms with Gasteiger partial charge in [-0.15, -0.1) is 0 Å². The van der Waals surface area contributed by atoms with Crippen molar-refractivity contribution < 1.29 is 4.79 Å². The van der Waals surface area contributed by atoms with Crippen LogP contribution in [-0.2, 0) is 11.2 Å². The molecule has 3 heteroatoms. The van der Waals surface area contributed by atoms with Crippen molar-refractivity contribution in [1.82, 2.24) is 0 Å². The van der Waals surface area contributed by atoms with Gasteiger partial charge < -0.3 is 5.73 Å². The zero-order chi connectivity index (χ0) is 11.1. The first-order valence-corrected chi connectivity index (χ1v) is 6.26. The predicted octanol–water partition coefficient (Wildman–Crippen LogP) is 2.53. The van der Waals surface area contributed by atoms with Gasteiger partial charge in [0.15, 0.2) is 0 Å². The van der Waals surface area contributed by atoms with Crippen molar-refractivity contribution in [2.24, 2.45) is 5.73 Å². The minimum atomic E-state index is 0.310. The van der Waals surface area contributed by atoms with Crippen molar-refractivity contribution in [3.63, 3.8) is 0 Å². The molecule has 15 heavy (non-hydrogen) atoms. The van der Waals surface area contributed by atoms with Gasteiger partial charge in [-0.1, -0.05) is 12.1 Å². The highest BCUT2D eigenvalue weighted by atomic mass is 127. The molecule has 0 bridgehead atoms. The Labute approximate surface area is 104 Å². The average molecular weight is 317 g/mol. The fourth-order valence-electron chi connectivity index (χ4n) is 1.38. The maximum absolute atomic E-state index is 11.5. The van der Waals surface area contributed by atoms with E-state index in [2.05, 4.69) is 22.6 Å². The van der Waals surface area contributed by atoms with Gasteiger partial charge >= 0.3 is 0 Å². The van der Waals surface area contributed by atoms with Crippen molar-refractivity contribution in [3.05, 3.63) is 33.4 Å². The summed E-state index contributed by atoms with van der Waals surface area (Å²) in [6, 6.07) is 8.09. The monoisotopic (exact) mass is 317 g/mol. The summed E-state index contributed by atoms with van der Waals surface area (Å²) in [5, 5.41) is 0. The van der Waals surface area contributed by atoms with Crippen LogP contribution in [0.25, 0.3) is 0 Å². The lowest BCUT2D eigenvalue weighted by atomic mass is 10.1. The summed E-state index contributed by atoms with van der Waals surface area (Å²) >= 11 is 2.26. The summed E-state index contributed by atoms with van der Waals surface area (Å²) in [5.74, 6) is 0.310. The predicted molar refractivity (Wildman–Crippen MR) is 70.8 cm³/mol. The third kappa shape index (κ3) is 5.28. The largest absolute Gasteiger partial charge is 0.330 e. The van der Waals surface area contributed by atoms with Crippen LogP contribution in [0.15, 0.2) is 24.3 Å². The fraction of sp³-hybridized carbons (Fsp3) is 0.417. The molecular formula is C12H16INO. The lowest BCUT2D eigenvalue weighted by Gasteiger charge is -2.01. The second kappa shape index (κ2) is 6.95. The number of halogens is 1. The third-order valence-corrected chi connectivity index (χ3v) is 2.94. The molecule has 0 atom stereocenters. The van der Waals surface area contributed by atoms with Crippen LogP contribution in [0.5, 0.6) is 0 Å². The molecule has 0 amide bonds. The minimum absolute atomic E-state index is 0.310. The molecule has 2 nitrogen and oxygen atoms in total. The van der Waals surface area contributed by atoms with Crippen molar-refractivity contribution in [1.29, 1.82) is 0 Å². The molecule has 0 aliphatic rings. The maximum atomic E-state index is 11.5. The first-order valence-electron chi connectivity index (χ1n) is 5.18. The molecule has 0 heterocycles. The summed E-state index contributed by atoms with van der Waals surface area (Å²) < 4.78 is 1.20. The van der Waals surface area contributed by atoms with Crippen molar-refractivity contribution >= 4 is 28.4 Å². The van der Waals surface area contributed by atoms with Crippen LogP contribution in [-0.4, -0.2) is 12.3 Å². The smallest absolute Gasteiger partial charge is 0.137 e. The van der Waals surface area contributed by atoms with Crippen LogP contribution >= 0.6 is 22.6 Å². The number of Topliss-reactive ketones (excluding diaryl/α,β-unsaturated/α-hetero) is 1. The van der Waals surface area contributed by atoms with Crippen molar-refractivity contribution in [2.75, 3.05) is 6.54 Å². The molecule has 0 aliphatic heterocycles.